The van der Waals surface area contributed by atoms with Crippen LogP contribution in [0.3, 0.4) is 0 Å². The minimum atomic E-state index is -0.277. The molecule has 4 rings (SSSR count). The molecule has 0 unspecified atom stereocenters. The standard InChI is InChI=1S/C26H34FN7O2/c1-5-28-8-9-34(24-12-21-15-31(3)30-23(21)10-18(24)2)26(36)14-29-13-25(35)32(4)33-16-19-6-7-22(27)11-20(19)17-33/h6-7,10-12,15,28-29H,5,8-9,13-14,16-17H2,1-4H3. The molecule has 1 aliphatic rings. The Morgan fingerprint density at radius 1 is 1.08 bits per heavy atom. The van der Waals surface area contributed by atoms with Gasteiger partial charge < -0.3 is 10.2 Å². The Labute approximate surface area is 210 Å². The fourth-order valence-corrected chi connectivity index (χ4v) is 4.53. The third-order valence-electron chi connectivity index (χ3n) is 6.50. The maximum Gasteiger partial charge on any atom is 0.250 e. The highest BCUT2D eigenvalue weighted by atomic mass is 19.1. The Morgan fingerprint density at radius 2 is 1.83 bits per heavy atom. The van der Waals surface area contributed by atoms with Crippen LogP contribution in [0, 0.1) is 12.7 Å². The molecular formula is C26H34FN7O2. The number of anilines is 1. The normalized spacial score (nSPS) is 13.2. The average molecular weight is 496 g/mol. The molecule has 2 N–H and O–H groups in total. The lowest BCUT2D eigenvalue weighted by molar-refractivity contribution is -0.145. The molecule has 0 bridgehead atoms. The van der Waals surface area contributed by atoms with E-state index in [-0.39, 0.29) is 30.7 Å². The minimum Gasteiger partial charge on any atom is -0.315 e. The van der Waals surface area contributed by atoms with E-state index in [2.05, 4.69) is 15.7 Å². The van der Waals surface area contributed by atoms with Crippen molar-refractivity contribution in [3.05, 3.63) is 59.0 Å². The summed E-state index contributed by atoms with van der Waals surface area (Å²) in [5.74, 6) is -0.552. The third kappa shape index (κ3) is 5.72. The summed E-state index contributed by atoms with van der Waals surface area (Å²) in [4.78, 5) is 27.8. The highest BCUT2D eigenvalue weighted by molar-refractivity contribution is 5.98. The number of fused-ring (bicyclic) bond motifs is 2. The Hall–Kier alpha value is -3.34. The lowest BCUT2D eigenvalue weighted by atomic mass is 10.1. The van der Waals surface area contributed by atoms with Gasteiger partial charge in [-0.3, -0.25) is 24.6 Å². The maximum atomic E-state index is 13.5. The van der Waals surface area contributed by atoms with Crippen molar-refractivity contribution in [3.63, 3.8) is 0 Å². The fraction of sp³-hybridized carbons (Fsp3) is 0.423. The SMILES string of the molecule is CCNCCN(C(=O)CNCC(=O)N(C)N1Cc2ccc(F)cc2C1)c1cc2cn(C)nc2cc1C. The van der Waals surface area contributed by atoms with Gasteiger partial charge in [-0.1, -0.05) is 13.0 Å². The lowest BCUT2D eigenvalue weighted by Gasteiger charge is -2.28. The Balaban J connectivity index is 1.37. The molecule has 0 radical (unpaired) electrons. The average Bonchev–Trinajstić information content (AvgIpc) is 3.42. The van der Waals surface area contributed by atoms with Crippen molar-refractivity contribution < 1.29 is 14.0 Å². The van der Waals surface area contributed by atoms with Crippen LogP contribution in [0.15, 0.2) is 36.5 Å². The van der Waals surface area contributed by atoms with Gasteiger partial charge in [-0.2, -0.15) is 5.10 Å². The first kappa shape index (κ1) is 25.7. The lowest BCUT2D eigenvalue weighted by Crippen LogP contribution is -2.47. The Morgan fingerprint density at radius 3 is 2.61 bits per heavy atom. The van der Waals surface area contributed by atoms with E-state index in [0.717, 1.165) is 39.8 Å². The van der Waals surface area contributed by atoms with Crippen molar-refractivity contribution >= 4 is 28.4 Å². The summed E-state index contributed by atoms with van der Waals surface area (Å²) >= 11 is 0. The van der Waals surface area contributed by atoms with E-state index in [1.807, 2.05) is 44.2 Å². The van der Waals surface area contributed by atoms with Crippen LogP contribution in [0.2, 0.25) is 0 Å². The maximum absolute atomic E-state index is 13.5. The first-order valence-electron chi connectivity index (χ1n) is 12.2. The zero-order valence-electron chi connectivity index (χ0n) is 21.3. The van der Waals surface area contributed by atoms with Crippen LogP contribution < -0.4 is 15.5 Å². The number of halogens is 1. The van der Waals surface area contributed by atoms with Gasteiger partial charge in [0.15, 0.2) is 0 Å². The van der Waals surface area contributed by atoms with Gasteiger partial charge in [0.2, 0.25) is 5.91 Å². The van der Waals surface area contributed by atoms with Crippen molar-refractivity contribution in [2.75, 3.05) is 44.7 Å². The molecule has 3 aromatic rings. The molecule has 9 nitrogen and oxygen atoms in total. The van der Waals surface area contributed by atoms with E-state index in [1.54, 1.807) is 27.7 Å². The highest BCUT2D eigenvalue weighted by Gasteiger charge is 2.26. The van der Waals surface area contributed by atoms with Gasteiger partial charge in [-0.25, -0.2) is 9.40 Å². The second-order valence-electron chi connectivity index (χ2n) is 9.16. The summed E-state index contributed by atoms with van der Waals surface area (Å²) in [5.41, 5.74) is 4.58. The largest absolute Gasteiger partial charge is 0.315 e. The summed E-state index contributed by atoms with van der Waals surface area (Å²) in [7, 11) is 3.57. The predicted molar refractivity (Wildman–Crippen MR) is 138 cm³/mol. The molecule has 0 saturated heterocycles. The molecule has 1 aromatic heterocycles. The van der Waals surface area contributed by atoms with Crippen molar-refractivity contribution in [2.45, 2.75) is 26.9 Å². The zero-order valence-corrected chi connectivity index (χ0v) is 21.3. The topological polar surface area (TPSA) is 85.7 Å². The first-order valence-corrected chi connectivity index (χ1v) is 12.2. The molecule has 0 aliphatic carbocycles. The summed E-state index contributed by atoms with van der Waals surface area (Å²) in [5, 5.41) is 15.1. The number of likely N-dealkylation sites (N-methyl/N-ethyl adjacent to an activating group) is 2. The molecule has 0 saturated carbocycles. The van der Waals surface area contributed by atoms with Gasteiger partial charge in [0, 0.05) is 57.5 Å². The molecule has 2 amide bonds. The van der Waals surface area contributed by atoms with Crippen LogP contribution in [0.1, 0.15) is 23.6 Å². The molecule has 0 atom stereocenters. The quantitative estimate of drug-likeness (QED) is 0.418. The number of amides is 2. The number of carbonyl (C=O) groups excluding carboxylic acids is 2. The first-order chi connectivity index (χ1) is 17.3. The van der Waals surface area contributed by atoms with E-state index in [9.17, 15) is 14.0 Å². The number of nitrogens with one attached hydrogen (secondary N) is 2. The summed E-state index contributed by atoms with van der Waals surface area (Å²) in [6.07, 6.45) is 1.93. The summed E-state index contributed by atoms with van der Waals surface area (Å²) < 4.78 is 15.3. The molecule has 36 heavy (non-hydrogen) atoms. The van der Waals surface area contributed by atoms with Gasteiger partial charge in [0.05, 0.1) is 18.6 Å². The molecule has 2 aromatic carbocycles. The fourth-order valence-electron chi connectivity index (χ4n) is 4.53. The van der Waals surface area contributed by atoms with E-state index < -0.39 is 0 Å². The molecule has 192 valence electrons. The van der Waals surface area contributed by atoms with E-state index in [0.29, 0.717) is 26.2 Å². The number of aryl methyl sites for hydroxylation is 2. The van der Waals surface area contributed by atoms with Crippen LogP contribution >= 0.6 is 0 Å². The second kappa shape index (κ2) is 11.2. The van der Waals surface area contributed by atoms with Gasteiger partial charge in [0.25, 0.3) is 5.91 Å². The number of rotatable bonds is 10. The predicted octanol–water partition coefficient (Wildman–Crippen LogP) is 1.94. The van der Waals surface area contributed by atoms with E-state index >= 15 is 0 Å². The number of hydrazine groups is 1. The van der Waals surface area contributed by atoms with Gasteiger partial charge in [-0.05, 0) is 54.4 Å². The molecule has 10 heteroatoms. The number of hydrogen-bond donors (Lipinski definition) is 2. The van der Waals surface area contributed by atoms with Crippen molar-refractivity contribution in [3.8, 4) is 0 Å². The summed E-state index contributed by atoms with van der Waals surface area (Å²) in [6, 6.07) is 8.69. The molecule has 0 spiro atoms. The Kier molecular flexibility index (Phi) is 7.97. The smallest absolute Gasteiger partial charge is 0.250 e. The number of nitrogens with zero attached hydrogens (tertiary/aromatic N) is 5. The number of carbonyl (C=O) groups is 2. The van der Waals surface area contributed by atoms with Crippen LogP contribution in [-0.2, 0) is 29.7 Å². The van der Waals surface area contributed by atoms with Gasteiger partial charge in [0.1, 0.15) is 5.82 Å². The number of aromatic nitrogens is 2. The molecule has 1 aliphatic heterocycles. The number of hydrogen-bond acceptors (Lipinski definition) is 6. The van der Waals surface area contributed by atoms with E-state index in [1.165, 1.54) is 12.1 Å². The third-order valence-corrected chi connectivity index (χ3v) is 6.50. The van der Waals surface area contributed by atoms with Crippen LogP contribution in [-0.4, -0.2) is 71.4 Å². The van der Waals surface area contributed by atoms with Gasteiger partial charge in [-0.15, -0.1) is 0 Å². The van der Waals surface area contributed by atoms with Crippen LogP contribution in [0.25, 0.3) is 10.9 Å². The van der Waals surface area contributed by atoms with Crippen LogP contribution in [0.5, 0.6) is 0 Å². The van der Waals surface area contributed by atoms with E-state index in [4.69, 9.17) is 0 Å². The van der Waals surface area contributed by atoms with Crippen LogP contribution in [0.4, 0.5) is 10.1 Å². The highest BCUT2D eigenvalue weighted by Crippen LogP contribution is 2.26. The minimum absolute atomic E-state index is 0.0190. The number of benzene rings is 2. The molecular weight excluding hydrogens is 461 g/mol. The molecule has 0 fully saturated rings. The second-order valence-corrected chi connectivity index (χ2v) is 9.16. The van der Waals surface area contributed by atoms with Gasteiger partial charge >= 0.3 is 0 Å². The Bertz CT molecular complexity index is 1260. The monoisotopic (exact) mass is 495 g/mol. The van der Waals surface area contributed by atoms with Crippen molar-refractivity contribution in [1.29, 1.82) is 0 Å². The summed E-state index contributed by atoms with van der Waals surface area (Å²) in [6.45, 7) is 7.05. The van der Waals surface area contributed by atoms with Crippen molar-refractivity contribution in [1.82, 2.24) is 30.4 Å². The zero-order chi connectivity index (χ0) is 25.8. The molecule has 2 heterocycles. The van der Waals surface area contributed by atoms with Crippen molar-refractivity contribution in [2.24, 2.45) is 7.05 Å².